The molecule has 2 aromatic rings. The molecule has 1 amide bonds. The van der Waals surface area contributed by atoms with Crippen molar-refractivity contribution in [2.24, 2.45) is 5.92 Å². The fraction of sp³-hybridized carbons (Fsp3) is 0.586. The van der Waals surface area contributed by atoms with Crippen molar-refractivity contribution in [1.82, 2.24) is 4.98 Å². The van der Waals surface area contributed by atoms with Gasteiger partial charge >= 0.3 is 0 Å². The molecule has 1 saturated carbocycles. The van der Waals surface area contributed by atoms with E-state index in [1.165, 1.54) is 0 Å². The Bertz CT molecular complexity index is 1120. The first-order valence-corrected chi connectivity index (χ1v) is 13.8. The Kier molecular flexibility index (Phi) is 7.06. The van der Waals surface area contributed by atoms with Crippen molar-refractivity contribution in [1.29, 1.82) is 0 Å². The monoisotopic (exact) mass is 506 g/mol. The second kappa shape index (κ2) is 10.6. The molecule has 8 heteroatoms. The van der Waals surface area contributed by atoms with E-state index in [2.05, 4.69) is 41.6 Å². The van der Waals surface area contributed by atoms with Crippen LogP contribution in [0.2, 0.25) is 0 Å². The number of carbonyl (C=O) groups excluding carboxylic acids is 1. The molecule has 2 saturated heterocycles. The summed E-state index contributed by atoms with van der Waals surface area (Å²) in [5.74, 6) is 0.986. The van der Waals surface area contributed by atoms with Gasteiger partial charge in [0.15, 0.2) is 0 Å². The minimum atomic E-state index is -0.00195. The molecule has 3 atom stereocenters. The highest BCUT2D eigenvalue weighted by molar-refractivity contribution is 6.00. The van der Waals surface area contributed by atoms with Crippen LogP contribution in [0.15, 0.2) is 36.5 Å². The lowest BCUT2D eigenvalue weighted by atomic mass is 9.86. The van der Waals surface area contributed by atoms with Gasteiger partial charge in [0, 0.05) is 30.0 Å². The molecule has 6 rings (SSSR count). The van der Waals surface area contributed by atoms with Crippen molar-refractivity contribution in [2.75, 3.05) is 28.7 Å². The molecule has 4 heterocycles. The molecule has 4 aliphatic rings. The normalized spacial score (nSPS) is 29.1. The first-order chi connectivity index (χ1) is 18.0. The summed E-state index contributed by atoms with van der Waals surface area (Å²) < 4.78 is 17.9. The fourth-order valence-corrected chi connectivity index (χ4v) is 6.22. The zero-order chi connectivity index (χ0) is 25.4. The third kappa shape index (κ3) is 5.33. The quantitative estimate of drug-likeness (QED) is 0.589. The fourth-order valence-electron chi connectivity index (χ4n) is 6.22. The second-order valence-corrected chi connectivity index (χ2v) is 11.1. The first-order valence-electron chi connectivity index (χ1n) is 13.8. The van der Waals surface area contributed by atoms with Crippen molar-refractivity contribution < 1.29 is 19.0 Å². The largest absolute Gasteiger partial charge is 0.380 e. The summed E-state index contributed by atoms with van der Waals surface area (Å²) in [6.07, 6.45) is 8.15. The average molecular weight is 507 g/mol. The van der Waals surface area contributed by atoms with Crippen molar-refractivity contribution >= 4 is 28.8 Å². The summed E-state index contributed by atoms with van der Waals surface area (Å²) in [5, 5.41) is 7.13. The number of nitrogens with one attached hydrogen (secondary N) is 2. The predicted molar refractivity (Wildman–Crippen MR) is 143 cm³/mol. The van der Waals surface area contributed by atoms with Crippen LogP contribution in [-0.4, -0.2) is 54.6 Å². The zero-order valence-corrected chi connectivity index (χ0v) is 21.8. The zero-order valence-electron chi connectivity index (χ0n) is 21.8. The number of aromatic nitrogens is 1. The Morgan fingerprint density at radius 2 is 2.00 bits per heavy atom. The third-order valence-corrected chi connectivity index (χ3v) is 8.06. The van der Waals surface area contributed by atoms with E-state index in [0.29, 0.717) is 13.2 Å². The lowest BCUT2D eigenvalue weighted by molar-refractivity contribution is -0.124. The summed E-state index contributed by atoms with van der Waals surface area (Å²) in [5.41, 5.74) is 3.78. The van der Waals surface area contributed by atoms with Gasteiger partial charge in [0.1, 0.15) is 5.82 Å². The molecular formula is C29H38N4O4. The van der Waals surface area contributed by atoms with Gasteiger partial charge in [-0.25, -0.2) is 4.98 Å². The van der Waals surface area contributed by atoms with Crippen LogP contribution in [0.1, 0.15) is 57.9 Å². The maximum absolute atomic E-state index is 14.0. The number of fused-ring (bicyclic) bond motifs is 3. The Morgan fingerprint density at radius 1 is 1.14 bits per heavy atom. The molecule has 37 heavy (non-hydrogen) atoms. The summed E-state index contributed by atoms with van der Waals surface area (Å²) in [4.78, 5) is 20.5. The van der Waals surface area contributed by atoms with Gasteiger partial charge in [-0.05, 0) is 76.6 Å². The Balaban J connectivity index is 1.23. The van der Waals surface area contributed by atoms with Gasteiger partial charge in [-0.1, -0.05) is 6.07 Å². The van der Waals surface area contributed by atoms with Crippen LogP contribution in [0.5, 0.6) is 0 Å². The van der Waals surface area contributed by atoms with Gasteiger partial charge in [0.2, 0.25) is 5.91 Å². The van der Waals surface area contributed by atoms with Crippen LogP contribution in [-0.2, 0) is 25.5 Å². The van der Waals surface area contributed by atoms with E-state index in [0.717, 1.165) is 73.6 Å². The number of amides is 1. The molecule has 3 aliphatic heterocycles. The molecule has 0 bridgehead atoms. The van der Waals surface area contributed by atoms with Crippen molar-refractivity contribution in [3.63, 3.8) is 0 Å². The summed E-state index contributed by atoms with van der Waals surface area (Å²) in [7, 11) is 0. The highest BCUT2D eigenvalue weighted by Crippen LogP contribution is 2.39. The number of carbonyl (C=O) groups is 1. The van der Waals surface area contributed by atoms with Gasteiger partial charge in [-0.3, -0.25) is 4.79 Å². The maximum atomic E-state index is 14.0. The van der Waals surface area contributed by atoms with Crippen LogP contribution in [0.3, 0.4) is 0 Å². The molecular weight excluding hydrogens is 468 g/mol. The number of ether oxygens (including phenoxy) is 3. The topological polar surface area (TPSA) is 85.0 Å². The lowest BCUT2D eigenvalue weighted by Gasteiger charge is -2.34. The van der Waals surface area contributed by atoms with Crippen molar-refractivity contribution in [3.8, 4) is 0 Å². The van der Waals surface area contributed by atoms with E-state index in [-0.39, 0.29) is 42.3 Å². The van der Waals surface area contributed by atoms with E-state index in [9.17, 15) is 4.79 Å². The molecule has 0 spiro atoms. The molecule has 2 N–H and O–H groups in total. The van der Waals surface area contributed by atoms with Crippen molar-refractivity contribution in [3.05, 3.63) is 42.1 Å². The molecule has 1 aromatic carbocycles. The lowest BCUT2D eigenvalue weighted by Crippen LogP contribution is -2.42. The van der Waals surface area contributed by atoms with Gasteiger partial charge < -0.3 is 29.7 Å². The second-order valence-electron chi connectivity index (χ2n) is 11.1. The SMILES string of the molecule is CC(C)OC1CCC(C(=O)N2Cc3cccnc3Nc3ccc(N[C@@H]4CO[C@@H]5CCO[C@@H]5C4)cc32)CC1. The average Bonchev–Trinajstić information content (AvgIpc) is 3.30. The van der Waals surface area contributed by atoms with Gasteiger partial charge in [-0.2, -0.15) is 0 Å². The predicted octanol–water partition coefficient (Wildman–Crippen LogP) is 5.01. The highest BCUT2D eigenvalue weighted by atomic mass is 16.6. The van der Waals surface area contributed by atoms with Gasteiger partial charge in [0.05, 0.1) is 55.0 Å². The van der Waals surface area contributed by atoms with Crippen LogP contribution in [0.25, 0.3) is 0 Å². The van der Waals surface area contributed by atoms with Crippen LogP contribution in [0, 0.1) is 5.92 Å². The van der Waals surface area contributed by atoms with Crippen LogP contribution >= 0.6 is 0 Å². The molecule has 0 radical (unpaired) electrons. The van der Waals surface area contributed by atoms with Gasteiger partial charge in [-0.15, -0.1) is 0 Å². The standard InChI is InChI=1S/C29H38N4O4/c1-18(2)37-23-8-5-19(6-9-23)29(34)33-16-20-4-3-12-30-28(20)32-24-10-7-21(14-25(24)33)31-22-15-27-26(36-17-22)11-13-35-27/h3-4,7,10,12,14,18-19,22-23,26-27,31H,5-6,8-9,11,13,15-17H2,1-2H3,(H,30,32)/t19?,22-,23?,26+,27+/m0/s1. The van der Waals surface area contributed by atoms with E-state index >= 15 is 0 Å². The molecule has 0 unspecified atom stereocenters. The number of hydrogen-bond acceptors (Lipinski definition) is 7. The van der Waals surface area contributed by atoms with Crippen molar-refractivity contribution in [2.45, 2.75) is 89.4 Å². The Labute approximate surface area is 219 Å². The van der Waals surface area contributed by atoms with Gasteiger partial charge in [0.25, 0.3) is 0 Å². The Morgan fingerprint density at radius 3 is 2.84 bits per heavy atom. The number of rotatable bonds is 5. The summed E-state index contributed by atoms with van der Waals surface area (Å²) in [6, 6.07) is 10.4. The number of anilines is 4. The summed E-state index contributed by atoms with van der Waals surface area (Å²) >= 11 is 0. The number of nitrogens with zero attached hydrogens (tertiary/aromatic N) is 2. The highest BCUT2D eigenvalue weighted by Gasteiger charge is 2.37. The van der Waals surface area contributed by atoms with E-state index in [1.54, 1.807) is 6.20 Å². The molecule has 1 aromatic heterocycles. The smallest absolute Gasteiger partial charge is 0.230 e. The summed E-state index contributed by atoms with van der Waals surface area (Å²) in [6.45, 7) is 6.10. The number of pyridine rings is 1. The number of benzene rings is 1. The maximum Gasteiger partial charge on any atom is 0.230 e. The minimum absolute atomic E-state index is 0.00195. The molecule has 8 nitrogen and oxygen atoms in total. The molecule has 3 fully saturated rings. The molecule has 1 aliphatic carbocycles. The number of hydrogen-bond donors (Lipinski definition) is 2. The first kappa shape index (κ1) is 24.6. The van der Waals surface area contributed by atoms with E-state index in [4.69, 9.17) is 14.2 Å². The Hall–Kier alpha value is -2.68. The third-order valence-electron chi connectivity index (χ3n) is 8.06. The van der Waals surface area contributed by atoms with Crippen LogP contribution < -0.4 is 15.5 Å². The van der Waals surface area contributed by atoms with E-state index in [1.807, 2.05) is 23.1 Å². The molecule has 198 valence electrons. The van der Waals surface area contributed by atoms with Crippen LogP contribution in [0.4, 0.5) is 22.9 Å². The van der Waals surface area contributed by atoms with E-state index < -0.39 is 0 Å². The minimum Gasteiger partial charge on any atom is -0.380 e.